The monoisotopic (exact) mass is 160 g/mol. The van der Waals surface area contributed by atoms with Crippen molar-refractivity contribution in [2.75, 3.05) is 13.1 Å². The molecule has 4 heteroatoms. The number of piperidine rings is 1. The molecule has 1 atom stereocenters. The molecule has 0 aliphatic carbocycles. The summed E-state index contributed by atoms with van der Waals surface area (Å²) in [6.45, 7) is 3.26. The fourth-order valence-electron chi connectivity index (χ4n) is 0.879. The lowest BCUT2D eigenvalue weighted by molar-refractivity contribution is -0.134. The van der Waals surface area contributed by atoms with E-state index in [0.29, 0.717) is 6.04 Å². The lowest BCUT2D eigenvalue weighted by atomic mass is 10.1. The molecule has 1 saturated heterocycles. The Kier molecular flexibility index (Phi) is 5.78. The van der Waals surface area contributed by atoms with Gasteiger partial charge in [0.1, 0.15) is 0 Å². The standard InChI is InChI=1S/C5H12N2.C2H4O2/c6-5-2-1-3-7-4-5;1-2(3)4/h5,7H,1-4,6H2;1H3,(H,3,4). The average molecular weight is 160 g/mol. The fraction of sp³-hybridized carbons (Fsp3) is 0.857. The largest absolute Gasteiger partial charge is 0.481 e. The Labute approximate surface area is 66.8 Å². The van der Waals surface area contributed by atoms with Crippen LogP contribution in [0.3, 0.4) is 0 Å². The van der Waals surface area contributed by atoms with E-state index in [1.54, 1.807) is 0 Å². The third-order valence-electron chi connectivity index (χ3n) is 1.33. The Morgan fingerprint density at radius 1 is 1.73 bits per heavy atom. The van der Waals surface area contributed by atoms with Crippen molar-refractivity contribution in [2.24, 2.45) is 5.73 Å². The summed E-state index contributed by atoms with van der Waals surface area (Å²) in [5.74, 6) is -0.833. The molecule has 1 unspecified atom stereocenters. The summed E-state index contributed by atoms with van der Waals surface area (Å²) >= 11 is 0. The summed E-state index contributed by atoms with van der Waals surface area (Å²) in [6, 6.07) is 0.425. The van der Waals surface area contributed by atoms with Crippen molar-refractivity contribution in [1.29, 1.82) is 0 Å². The first-order valence-corrected chi connectivity index (χ1v) is 3.78. The summed E-state index contributed by atoms with van der Waals surface area (Å²) in [5, 5.41) is 10.6. The van der Waals surface area contributed by atoms with E-state index >= 15 is 0 Å². The van der Waals surface area contributed by atoms with E-state index in [9.17, 15) is 0 Å². The van der Waals surface area contributed by atoms with Gasteiger partial charge in [0.05, 0.1) is 0 Å². The van der Waals surface area contributed by atoms with Crippen LogP contribution in [0.4, 0.5) is 0 Å². The fourth-order valence-corrected chi connectivity index (χ4v) is 0.879. The van der Waals surface area contributed by atoms with Gasteiger partial charge in [-0.25, -0.2) is 0 Å². The van der Waals surface area contributed by atoms with Gasteiger partial charge in [0.2, 0.25) is 0 Å². The number of aliphatic carboxylic acids is 1. The van der Waals surface area contributed by atoms with Gasteiger partial charge in [-0.15, -0.1) is 0 Å². The molecular weight excluding hydrogens is 144 g/mol. The van der Waals surface area contributed by atoms with Gasteiger partial charge in [-0.1, -0.05) is 0 Å². The molecule has 0 aromatic heterocycles. The molecule has 1 aliphatic heterocycles. The molecule has 1 aliphatic rings. The van der Waals surface area contributed by atoms with Crippen molar-refractivity contribution >= 4 is 5.97 Å². The van der Waals surface area contributed by atoms with Gasteiger partial charge in [-0.05, 0) is 19.4 Å². The van der Waals surface area contributed by atoms with Crippen LogP contribution >= 0.6 is 0 Å². The Balaban J connectivity index is 0.000000218. The van der Waals surface area contributed by atoms with Crippen LogP contribution in [0.2, 0.25) is 0 Å². The number of nitrogens with one attached hydrogen (secondary N) is 1. The molecule has 0 bridgehead atoms. The van der Waals surface area contributed by atoms with Crippen molar-refractivity contribution in [3.8, 4) is 0 Å². The van der Waals surface area contributed by atoms with Crippen molar-refractivity contribution in [2.45, 2.75) is 25.8 Å². The Morgan fingerprint density at radius 2 is 2.27 bits per heavy atom. The van der Waals surface area contributed by atoms with Crippen LogP contribution in [0.15, 0.2) is 0 Å². The van der Waals surface area contributed by atoms with E-state index in [1.165, 1.54) is 12.8 Å². The van der Waals surface area contributed by atoms with Crippen molar-refractivity contribution in [1.82, 2.24) is 5.32 Å². The van der Waals surface area contributed by atoms with Crippen LogP contribution < -0.4 is 11.1 Å². The van der Waals surface area contributed by atoms with Crippen LogP contribution in [-0.4, -0.2) is 30.2 Å². The van der Waals surface area contributed by atoms with Crippen LogP contribution in [0.25, 0.3) is 0 Å². The van der Waals surface area contributed by atoms with Crippen LogP contribution in [0.5, 0.6) is 0 Å². The molecular formula is C7H16N2O2. The highest BCUT2D eigenvalue weighted by Gasteiger charge is 2.05. The number of carboxylic acids is 1. The molecule has 4 nitrogen and oxygen atoms in total. The van der Waals surface area contributed by atoms with Crippen molar-refractivity contribution in [3.63, 3.8) is 0 Å². The summed E-state index contributed by atoms with van der Waals surface area (Å²) in [4.78, 5) is 9.00. The second kappa shape index (κ2) is 6.12. The minimum absolute atomic E-state index is 0.425. The molecule has 0 aromatic carbocycles. The van der Waals surface area contributed by atoms with Gasteiger partial charge < -0.3 is 16.2 Å². The predicted octanol–water partition coefficient (Wildman–Crippen LogP) is -0.212. The molecule has 66 valence electrons. The van der Waals surface area contributed by atoms with Crippen LogP contribution in [0.1, 0.15) is 19.8 Å². The molecule has 0 aromatic rings. The number of hydrogen-bond donors (Lipinski definition) is 3. The summed E-state index contributed by atoms with van der Waals surface area (Å²) in [7, 11) is 0. The normalized spacial score (nSPS) is 23.3. The highest BCUT2D eigenvalue weighted by molar-refractivity contribution is 5.62. The maximum atomic E-state index is 9.00. The van der Waals surface area contributed by atoms with E-state index in [4.69, 9.17) is 15.6 Å². The van der Waals surface area contributed by atoms with Crippen molar-refractivity contribution in [3.05, 3.63) is 0 Å². The molecule has 1 fully saturated rings. The maximum Gasteiger partial charge on any atom is 0.300 e. The Hall–Kier alpha value is -0.610. The number of nitrogens with two attached hydrogens (primary N) is 1. The molecule has 0 amide bonds. The average Bonchev–Trinajstić information content (AvgIpc) is 1.87. The Morgan fingerprint density at radius 3 is 2.45 bits per heavy atom. The highest BCUT2D eigenvalue weighted by atomic mass is 16.4. The first-order chi connectivity index (χ1) is 5.13. The zero-order chi connectivity index (χ0) is 8.69. The number of carbonyl (C=O) groups is 1. The van der Waals surface area contributed by atoms with Gasteiger partial charge in [0, 0.05) is 19.5 Å². The second-order valence-electron chi connectivity index (χ2n) is 2.63. The molecule has 4 N–H and O–H groups in total. The van der Waals surface area contributed by atoms with Crippen LogP contribution in [0, 0.1) is 0 Å². The molecule has 0 spiro atoms. The third kappa shape index (κ3) is 9.39. The predicted molar refractivity (Wildman–Crippen MR) is 43.4 cm³/mol. The summed E-state index contributed by atoms with van der Waals surface area (Å²) < 4.78 is 0. The van der Waals surface area contributed by atoms with Gasteiger partial charge >= 0.3 is 0 Å². The summed E-state index contributed by atoms with van der Waals surface area (Å²) in [6.07, 6.45) is 2.45. The number of hydrogen-bond acceptors (Lipinski definition) is 3. The van der Waals surface area contributed by atoms with E-state index in [0.717, 1.165) is 20.0 Å². The lowest BCUT2D eigenvalue weighted by Crippen LogP contribution is -2.39. The topological polar surface area (TPSA) is 75.3 Å². The number of carboxylic acid groups (broad SMARTS) is 1. The van der Waals surface area contributed by atoms with E-state index < -0.39 is 5.97 Å². The van der Waals surface area contributed by atoms with E-state index in [2.05, 4.69) is 5.32 Å². The minimum Gasteiger partial charge on any atom is -0.481 e. The first-order valence-electron chi connectivity index (χ1n) is 3.78. The minimum atomic E-state index is -0.833. The zero-order valence-corrected chi connectivity index (χ0v) is 6.84. The summed E-state index contributed by atoms with van der Waals surface area (Å²) in [5.41, 5.74) is 5.57. The molecule has 1 rings (SSSR count). The molecule has 0 radical (unpaired) electrons. The lowest BCUT2D eigenvalue weighted by Gasteiger charge is -2.17. The van der Waals surface area contributed by atoms with Crippen LogP contribution in [-0.2, 0) is 4.79 Å². The van der Waals surface area contributed by atoms with Gasteiger partial charge in [-0.3, -0.25) is 4.79 Å². The number of rotatable bonds is 0. The molecule has 1 heterocycles. The second-order valence-corrected chi connectivity index (χ2v) is 2.63. The molecule has 0 saturated carbocycles. The molecule has 11 heavy (non-hydrogen) atoms. The SMILES string of the molecule is CC(=O)O.NC1CCCNC1. The third-order valence-corrected chi connectivity index (χ3v) is 1.33. The van der Waals surface area contributed by atoms with Crippen molar-refractivity contribution < 1.29 is 9.90 Å². The maximum absolute atomic E-state index is 9.00. The van der Waals surface area contributed by atoms with Gasteiger partial charge in [0.25, 0.3) is 5.97 Å². The van der Waals surface area contributed by atoms with E-state index in [-0.39, 0.29) is 0 Å². The zero-order valence-electron chi connectivity index (χ0n) is 6.84. The van der Waals surface area contributed by atoms with Gasteiger partial charge in [-0.2, -0.15) is 0 Å². The van der Waals surface area contributed by atoms with Gasteiger partial charge in [0.15, 0.2) is 0 Å². The smallest absolute Gasteiger partial charge is 0.300 e. The first kappa shape index (κ1) is 10.4. The van der Waals surface area contributed by atoms with E-state index in [1.807, 2.05) is 0 Å². The Bertz CT molecular complexity index is 107. The quantitative estimate of drug-likeness (QED) is 0.458. The highest BCUT2D eigenvalue weighted by Crippen LogP contribution is 1.96.